The van der Waals surface area contributed by atoms with Crippen molar-refractivity contribution in [1.82, 2.24) is 0 Å². The predicted molar refractivity (Wildman–Crippen MR) is 130 cm³/mol. The van der Waals surface area contributed by atoms with E-state index in [1.165, 1.54) is 77.0 Å². The van der Waals surface area contributed by atoms with Crippen molar-refractivity contribution in [1.29, 1.82) is 0 Å². The predicted octanol–water partition coefficient (Wildman–Crippen LogP) is 4.80. The molecule has 0 amide bonds. The summed E-state index contributed by atoms with van der Waals surface area (Å²) in [6.07, 6.45) is 20.4. The first-order valence-electron chi connectivity index (χ1n) is 13.4. The fraction of sp³-hybridized carbons (Fsp3) is 0.889. The first kappa shape index (κ1) is 30.1. The van der Waals surface area contributed by atoms with Gasteiger partial charge in [0.2, 0.25) is 0 Å². The maximum Gasteiger partial charge on any atom is 0.184 e. The summed E-state index contributed by atoms with van der Waals surface area (Å²) < 4.78 is 11.4. The number of carbonyl (C=O) groups is 1. The minimum Gasteiger partial charge on any atom is -0.545 e. The minimum absolute atomic E-state index is 0.0541. The molecule has 1 rings (SSSR count). The molecule has 5 atom stereocenters. The highest BCUT2D eigenvalue weighted by atomic mass is 16.7. The van der Waals surface area contributed by atoms with Gasteiger partial charge in [-0.1, -0.05) is 89.5 Å². The number of unbranched alkanes of at least 4 members (excludes halogenated alkanes) is 14. The summed E-state index contributed by atoms with van der Waals surface area (Å²) in [6.45, 7) is 3.84. The van der Waals surface area contributed by atoms with E-state index >= 15 is 0 Å². The lowest BCUT2D eigenvalue weighted by molar-refractivity contribution is -0.297. The van der Waals surface area contributed by atoms with Gasteiger partial charge in [0, 0.05) is 6.42 Å². The molecule has 0 bridgehead atoms. The number of allylic oxidation sites excluding steroid dienone is 1. The summed E-state index contributed by atoms with van der Waals surface area (Å²) in [6, 6.07) is 0. The molecule has 0 aromatic rings. The summed E-state index contributed by atoms with van der Waals surface area (Å²) in [4.78, 5) is 10.2. The third-order valence-electron chi connectivity index (χ3n) is 6.54. The maximum absolute atomic E-state index is 10.2. The Balaban J connectivity index is 1.81. The van der Waals surface area contributed by atoms with Crippen LogP contribution in [0.25, 0.3) is 0 Å². The van der Waals surface area contributed by atoms with Gasteiger partial charge in [0.1, 0.15) is 6.10 Å². The SMILES string of the molecule is C[C@H](CCCCCCCCCCCCCCCC/C=C/C(=O)[O-])O[C@@H]1O[C@@H](C)[C@H](O)C[C@H]1O. The Kier molecular flexibility index (Phi) is 17.7. The zero-order valence-corrected chi connectivity index (χ0v) is 21.1. The summed E-state index contributed by atoms with van der Waals surface area (Å²) in [7, 11) is 0. The van der Waals surface area contributed by atoms with E-state index in [-0.39, 0.29) is 12.2 Å². The summed E-state index contributed by atoms with van der Waals surface area (Å²) in [5.74, 6) is -1.10. The normalized spacial score (nSPS) is 24.4. The zero-order valence-electron chi connectivity index (χ0n) is 21.1. The lowest BCUT2D eigenvalue weighted by Crippen LogP contribution is -2.48. The number of aliphatic hydroxyl groups excluding tert-OH is 2. The Hall–Kier alpha value is -0.950. The number of ether oxygens (including phenoxy) is 2. The van der Waals surface area contributed by atoms with Crippen LogP contribution in [0.2, 0.25) is 0 Å². The van der Waals surface area contributed by atoms with E-state index in [9.17, 15) is 20.1 Å². The fourth-order valence-corrected chi connectivity index (χ4v) is 4.36. The third kappa shape index (κ3) is 16.3. The van der Waals surface area contributed by atoms with Gasteiger partial charge in [-0.05, 0) is 39.2 Å². The highest BCUT2D eigenvalue weighted by molar-refractivity contribution is 5.77. The van der Waals surface area contributed by atoms with Crippen LogP contribution in [0.5, 0.6) is 0 Å². The molecular formula is C27H49O6-. The summed E-state index contributed by atoms with van der Waals surface area (Å²) >= 11 is 0. The standard InChI is InChI=1S/C27H50O6/c1-22(32-27-25(29)21-24(28)23(2)33-27)19-17-15-13-11-9-7-5-3-4-6-8-10-12-14-16-18-20-26(30)31/h18,20,22-25,27-29H,3-17,19,21H2,1-2H3,(H,30,31)/p-1/b20-18+/t22-,23+,24-,25-,27-/m1/s1. The molecule has 6 nitrogen and oxygen atoms in total. The Morgan fingerprint density at radius 2 is 1.39 bits per heavy atom. The quantitative estimate of drug-likeness (QED) is 0.196. The van der Waals surface area contributed by atoms with Crippen LogP contribution in [-0.2, 0) is 14.3 Å². The van der Waals surface area contributed by atoms with Crippen molar-refractivity contribution >= 4 is 5.97 Å². The van der Waals surface area contributed by atoms with Gasteiger partial charge in [-0.25, -0.2) is 0 Å². The number of carboxylic acids is 1. The second kappa shape index (κ2) is 19.4. The van der Waals surface area contributed by atoms with Crippen LogP contribution in [0.4, 0.5) is 0 Å². The van der Waals surface area contributed by atoms with E-state index in [2.05, 4.69) is 0 Å². The largest absolute Gasteiger partial charge is 0.545 e. The molecular weight excluding hydrogens is 420 g/mol. The zero-order chi connectivity index (χ0) is 24.3. The van der Waals surface area contributed by atoms with Crippen molar-refractivity contribution in [2.45, 2.75) is 154 Å². The van der Waals surface area contributed by atoms with Crippen LogP contribution in [0.1, 0.15) is 123 Å². The van der Waals surface area contributed by atoms with E-state index in [0.29, 0.717) is 6.42 Å². The number of rotatable bonds is 20. The Labute approximate surface area is 201 Å². The van der Waals surface area contributed by atoms with E-state index in [0.717, 1.165) is 31.8 Å². The average Bonchev–Trinajstić information content (AvgIpc) is 2.76. The van der Waals surface area contributed by atoms with E-state index in [1.54, 1.807) is 6.08 Å². The molecule has 0 aliphatic carbocycles. The molecule has 1 aliphatic heterocycles. The smallest absolute Gasteiger partial charge is 0.184 e. The lowest BCUT2D eigenvalue weighted by atomic mass is 10.0. The third-order valence-corrected chi connectivity index (χ3v) is 6.54. The molecule has 1 heterocycles. The lowest BCUT2D eigenvalue weighted by Gasteiger charge is -2.36. The monoisotopic (exact) mass is 469 g/mol. The highest BCUT2D eigenvalue weighted by Crippen LogP contribution is 2.23. The van der Waals surface area contributed by atoms with Crippen LogP contribution in [0, 0.1) is 0 Å². The molecule has 6 heteroatoms. The number of aliphatic hydroxyl groups is 2. The van der Waals surface area contributed by atoms with E-state index in [1.807, 2.05) is 13.8 Å². The molecule has 0 unspecified atom stereocenters. The second-order valence-electron chi connectivity index (χ2n) is 9.78. The van der Waals surface area contributed by atoms with Gasteiger partial charge in [-0.15, -0.1) is 0 Å². The van der Waals surface area contributed by atoms with Gasteiger partial charge in [-0.3, -0.25) is 0 Å². The van der Waals surface area contributed by atoms with Crippen molar-refractivity contribution in [3.8, 4) is 0 Å². The maximum atomic E-state index is 10.2. The molecule has 1 aliphatic rings. The Morgan fingerprint density at radius 1 is 0.909 bits per heavy atom. The second-order valence-corrected chi connectivity index (χ2v) is 9.78. The van der Waals surface area contributed by atoms with E-state index in [4.69, 9.17) is 9.47 Å². The number of carbonyl (C=O) groups excluding carboxylic acids is 1. The number of aliphatic carboxylic acids is 1. The Bertz CT molecular complexity index is 509. The van der Waals surface area contributed by atoms with Gasteiger partial charge in [-0.2, -0.15) is 0 Å². The first-order valence-corrected chi connectivity index (χ1v) is 13.4. The molecule has 0 spiro atoms. The Morgan fingerprint density at radius 3 is 1.91 bits per heavy atom. The molecule has 1 fully saturated rings. The van der Waals surface area contributed by atoms with Crippen LogP contribution in [-0.4, -0.2) is 46.9 Å². The minimum atomic E-state index is -1.10. The van der Waals surface area contributed by atoms with Crippen molar-refractivity contribution in [2.75, 3.05) is 0 Å². The molecule has 0 radical (unpaired) electrons. The summed E-state index contributed by atoms with van der Waals surface area (Å²) in [5, 5.41) is 30.0. The molecule has 33 heavy (non-hydrogen) atoms. The fourth-order valence-electron chi connectivity index (χ4n) is 4.36. The van der Waals surface area contributed by atoms with Crippen molar-refractivity contribution < 1.29 is 29.6 Å². The van der Waals surface area contributed by atoms with Crippen LogP contribution >= 0.6 is 0 Å². The van der Waals surface area contributed by atoms with Crippen molar-refractivity contribution in [3.05, 3.63) is 12.2 Å². The molecule has 0 saturated carbocycles. The average molecular weight is 470 g/mol. The molecule has 0 aromatic carbocycles. The molecule has 194 valence electrons. The van der Waals surface area contributed by atoms with Gasteiger partial charge < -0.3 is 29.6 Å². The van der Waals surface area contributed by atoms with Crippen LogP contribution in [0.15, 0.2) is 12.2 Å². The summed E-state index contributed by atoms with van der Waals surface area (Å²) in [5.41, 5.74) is 0. The number of hydrogen-bond acceptors (Lipinski definition) is 6. The van der Waals surface area contributed by atoms with Crippen molar-refractivity contribution in [3.63, 3.8) is 0 Å². The van der Waals surface area contributed by atoms with Gasteiger partial charge in [0.05, 0.1) is 24.3 Å². The van der Waals surface area contributed by atoms with Crippen LogP contribution < -0.4 is 5.11 Å². The number of carboxylic acid groups (broad SMARTS) is 1. The molecule has 0 aromatic heterocycles. The van der Waals surface area contributed by atoms with Crippen molar-refractivity contribution in [2.24, 2.45) is 0 Å². The molecule has 2 N–H and O–H groups in total. The van der Waals surface area contributed by atoms with Crippen LogP contribution in [0.3, 0.4) is 0 Å². The molecule has 1 saturated heterocycles. The van der Waals surface area contributed by atoms with Gasteiger partial charge >= 0.3 is 0 Å². The number of hydrogen-bond donors (Lipinski definition) is 2. The van der Waals surface area contributed by atoms with Gasteiger partial charge in [0.25, 0.3) is 0 Å². The van der Waals surface area contributed by atoms with E-state index < -0.39 is 24.5 Å². The topological polar surface area (TPSA) is 99.1 Å². The van der Waals surface area contributed by atoms with Gasteiger partial charge in [0.15, 0.2) is 6.29 Å². The highest BCUT2D eigenvalue weighted by Gasteiger charge is 2.35. The first-order chi connectivity index (χ1) is 15.9.